The van der Waals surface area contributed by atoms with Crippen LogP contribution in [0.15, 0.2) is 0 Å². The molecule has 0 rings (SSSR count). The normalized spacial score (nSPS) is 13.7. The molecule has 2 unspecified atom stereocenters. The van der Waals surface area contributed by atoms with Crippen LogP contribution < -0.4 is 5.32 Å². The maximum Gasteiger partial charge on any atom is 0.320 e. The Bertz CT molecular complexity index is 210. The van der Waals surface area contributed by atoms with E-state index in [2.05, 4.69) is 5.32 Å². The lowest BCUT2D eigenvalue weighted by molar-refractivity contribution is -0.142. The predicted molar refractivity (Wildman–Crippen MR) is 58.4 cm³/mol. The van der Waals surface area contributed by atoms with E-state index in [1.165, 1.54) is 0 Å². The zero-order valence-corrected chi connectivity index (χ0v) is 9.71. The molecule has 5 nitrogen and oxygen atoms in total. The Morgan fingerprint density at radius 3 is 1.87 bits per heavy atom. The number of carboxylic acid groups (broad SMARTS) is 2. The van der Waals surface area contributed by atoms with Crippen molar-refractivity contribution in [2.45, 2.75) is 45.2 Å². The number of carbonyl (C=O) groups is 2. The Morgan fingerprint density at radius 2 is 1.60 bits per heavy atom. The van der Waals surface area contributed by atoms with Crippen molar-refractivity contribution in [3.63, 3.8) is 0 Å². The maximum atomic E-state index is 10.7. The Kier molecular flexibility index (Phi) is 9.41. The van der Waals surface area contributed by atoms with Gasteiger partial charge in [0, 0.05) is 0 Å². The highest BCUT2D eigenvalue weighted by atomic mass is 35.5. The highest BCUT2D eigenvalue weighted by Crippen LogP contribution is 2.01. The molecule has 0 heterocycles. The fraction of sp³-hybridized carbons (Fsp3) is 0.778. The summed E-state index contributed by atoms with van der Waals surface area (Å²) in [5, 5.41) is 20.1. The van der Waals surface area contributed by atoms with Gasteiger partial charge < -0.3 is 10.2 Å². The minimum Gasteiger partial charge on any atom is -0.480 e. The minimum absolute atomic E-state index is 0. The third kappa shape index (κ3) is 6.30. The highest BCUT2D eigenvalue weighted by Gasteiger charge is 2.23. The van der Waals surface area contributed by atoms with Crippen molar-refractivity contribution in [3.05, 3.63) is 0 Å². The number of nitrogens with one attached hydrogen (secondary N) is 1. The van der Waals surface area contributed by atoms with Gasteiger partial charge in [-0.3, -0.25) is 14.9 Å². The number of aliphatic carboxylic acids is 2. The van der Waals surface area contributed by atoms with Gasteiger partial charge in [0.2, 0.25) is 0 Å². The molecule has 15 heavy (non-hydrogen) atoms. The summed E-state index contributed by atoms with van der Waals surface area (Å²) in [7, 11) is 0. The van der Waals surface area contributed by atoms with Gasteiger partial charge in [0.15, 0.2) is 0 Å². The number of hydrogen-bond acceptors (Lipinski definition) is 3. The first-order valence-electron chi connectivity index (χ1n) is 4.74. The summed E-state index contributed by atoms with van der Waals surface area (Å²) in [5.74, 6) is -2.00. The minimum atomic E-state index is -1.00. The molecule has 0 aromatic heterocycles. The third-order valence-corrected chi connectivity index (χ3v) is 1.98. The Hall–Kier alpha value is -0.810. The molecule has 0 aliphatic rings. The molecule has 0 spiro atoms. The first-order valence-corrected chi connectivity index (χ1v) is 4.74. The molecular formula is C9H18ClNO4. The van der Waals surface area contributed by atoms with Crippen LogP contribution in [0.3, 0.4) is 0 Å². The van der Waals surface area contributed by atoms with Crippen LogP contribution in [0.25, 0.3) is 0 Å². The molecule has 0 aliphatic carbocycles. The standard InChI is InChI=1S/C9H17NO4.ClH/c1-3-5-7(9(13)14)10-6(4-2)8(11)12;/h6-7,10H,3-5H2,1-2H3,(H,11,12)(H,13,14);1H. The molecule has 90 valence electrons. The molecule has 0 fully saturated rings. The van der Waals surface area contributed by atoms with E-state index in [1.807, 2.05) is 6.92 Å². The van der Waals surface area contributed by atoms with E-state index in [1.54, 1.807) is 6.92 Å². The lowest BCUT2D eigenvalue weighted by Crippen LogP contribution is -2.46. The summed E-state index contributed by atoms with van der Waals surface area (Å²) in [6.45, 7) is 3.57. The smallest absolute Gasteiger partial charge is 0.320 e. The topological polar surface area (TPSA) is 86.6 Å². The molecule has 0 bridgehead atoms. The van der Waals surface area contributed by atoms with Crippen LogP contribution in [-0.4, -0.2) is 34.2 Å². The molecular weight excluding hydrogens is 222 g/mol. The van der Waals surface area contributed by atoms with Gasteiger partial charge in [-0.2, -0.15) is 0 Å². The monoisotopic (exact) mass is 239 g/mol. The molecule has 0 aliphatic heterocycles. The second-order valence-electron chi connectivity index (χ2n) is 3.15. The van der Waals surface area contributed by atoms with Gasteiger partial charge in [-0.25, -0.2) is 0 Å². The molecule has 0 saturated heterocycles. The number of hydrogen-bond donors (Lipinski definition) is 3. The van der Waals surface area contributed by atoms with Crippen LogP contribution in [0.5, 0.6) is 0 Å². The van der Waals surface area contributed by atoms with Crippen molar-refractivity contribution in [3.8, 4) is 0 Å². The van der Waals surface area contributed by atoms with Gasteiger partial charge >= 0.3 is 11.9 Å². The molecule has 2 atom stereocenters. The zero-order valence-electron chi connectivity index (χ0n) is 8.90. The second-order valence-corrected chi connectivity index (χ2v) is 3.15. The summed E-state index contributed by atoms with van der Waals surface area (Å²) >= 11 is 0. The third-order valence-electron chi connectivity index (χ3n) is 1.98. The predicted octanol–water partition coefficient (Wildman–Crippen LogP) is 1.11. The Balaban J connectivity index is 0. The average molecular weight is 240 g/mol. The summed E-state index contributed by atoms with van der Waals surface area (Å²) < 4.78 is 0. The number of halogens is 1. The van der Waals surface area contributed by atoms with Crippen molar-refractivity contribution in [2.75, 3.05) is 0 Å². The van der Waals surface area contributed by atoms with E-state index in [4.69, 9.17) is 10.2 Å². The summed E-state index contributed by atoms with van der Waals surface area (Å²) in [5.41, 5.74) is 0. The van der Waals surface area contributed by atoms with Crippen LogP contribution in [0.1, 0.15) is 33.1 Å². The first kappa shape index (κ1) is 16.6. The van der Waals surface area contributed by atoms with Crippen LogP contribution in [0.2, 0.25) is 0 Å². The van der Waals surface area contributed by atoms with E-state index in [0.717, 1.165) is 0 Å². The van der Waals surface area contributed by atoms with Gasteiger partial charge in [0.1, 0.15) is 12.1 Å². The van der Waals surface area contributed by atoms with Crippen molar-refractivity contribution in [1.82, 2.24) is 5.32 Å². The van der Waals surface area contributed by atoms with Gasteiger partial charge in [-0.1, -0.05) is 20.3 Å². The van der Waals surface area contributed by atoms with Crippen molar-refractivity contribution in [2.24, 2.45) is 0 Å². The average Bonchev–Trinajstić information content (AvgIpc) is 2.11. The summed E-state index contributed by atoms with van der Waals surface area (Å²) in [6, 6.07) is -1.54. The van der Waals surface area contributed by atoms with Crippen LogP contribution in [0.4, 0.5) is 0 Å². The second kappa shape index (κ2) is 8.49. The molecule has 0 aromatic carbocycles. The van der Waals surface area contributed by atoms with Gasteiger partial charge in [-0.05, 0) is 12.8 Å². The molecule has 0 aromatic rings. The van der Waals surface area contributed by atoms with Crippen molar-refractivity contribution < 1.29 is 19.8 Å². The van der Waals surface area contributed by atoms with E-state index >= 15 is 0 Å². The lowest BCUT2D eigenvalue weighted by atomic mass is 10.1. The van der Waals surface area contributed by atoms with E-state index < -0.39 is 24.0 Å². The fourth-order valence-electron chi connectivity index (χ4n) is 1.17. The maximum absolute atomic E-state index is 10.7. The lowest BCUT2D eigenvalue weighted by Gasteiger charge is -2.18. The van der Waals surface area contributed by atoms with Crippen LogP contribution in [0, 0.1) is 0 Å². The van der Waals surface area contributed by atoms with E-state index in [-0.39, 0.29) is 12.4 Å². The quantitative estimate of drug-likeness (QED) is 0.620. The number of carboxylic acids is 2. The summed E-state index contributed by atoms with van der Waals surface area (Å²) in [6.07, 6.45) is 1.53. The molecule has 0 radical (unpaired) electrons. The SMILES string of the molecule is CCCC(NC(CC)C(=O)O)C(=O)O.Cl. The Labute approximate surface area is 95.3 Å². The molecule has 0 saturated carbocycles. The Morgan fingerprint density at radius 1 is 1.13 bits per heavy atom. The van der Waals surface area contributed by atoms with E-state index in [0.29, 0.717) is 19.3 Å². The van der Waals surface area contributed by atoms with Crippen LogP contribution in [-0.2, 0) is 9.59 Å². The fourth-order valence-corrected chi connectivity index (χ4v) is 1.17. The van der Waals surface area contributed by atoms with Gasteiger partial charge in [0.05, 0.1) is 0 Å². The zero-order chi connectivity index (χ0) is 11.1. The van der Waals surface area contributed by atoms with E-state index in [9.17, 15) is 9.59 Å². The largest absolute Gasteiger partial charge is 0.480 e. The van der Waals surface area contributed by atoms with Gasteiger partial charge in [-0.15, -0.1) is 12.4 Å². The van der Waals surface area contributed by atoms with Crippen molar-refractivity contribution in [1.29, 1.82) is 0 Å². The molecule has 0 amide bonds. The van der Waals surface area contributed by atoms with Crippen molar-refractivity contribution >= 4 is 24.3 Å². The number of rotatable bonds is 7. The summed E-state index contributed by atoms with van der Waals surface area (Å²) in [4.78, 5) is 21.3. The molecule has 3 N–H and O–H groups in total. The van der Waals surface area contributed by atoms with Gasteiger partial charge in [0.25, 0.3) is 0 Å². The first-order chi connectivity index (χ1) is 6.52. The highest BCUT2D eigenvalue weighted by molar-refractivity contribution is 5.85. The molecule has 6 heteroatoms. The van der Waals surface area contributed by atoms with Crippen LogP contribution >= 0.6 is 12.4 Å².